The Morgan fingerprint density at radius 1 is 0.846 bits per heavy atom. The van der Waals surface area contributed by atoms with E-state index in [-0.39, 0.29) is 36.8 Å². The van der Waals surface area contributed by atoms with Gasteiger partial charge in [0.1, 0.15) is 23.8 Å². The standard InChI is InChI=1S/C36H50N10O5S/c1-2-3-12-26(30(38)47)42-32(49)27(13-7-8-19-37)44-33(50)28(14-9-20-41-35(39)40)43-31(48)25-17-15-23(16-18-25)21-29-34(51)46(36(52)45-29)22-24-10-5-4-6-11-24/h4-6,10-11,15-18,21,26-28H,2-3,7-9,12-14,19-20,22,37H2,1H3,(H2,38,47)(H,42,49)(H,43,48)(H,44,50)(H,45,52)(H4,39,40,41)/b29-21-/t26-,27-,28-/m0/s1. The Bertz CT molecular complexity index is 1610. The van der Waals surface area contributed by atoms with Crippen LogP contribution in [0.4, 0.5) is 0 Å². The number of hydrogen-bond acceptors (Lipinski definition) is 8. The number of amides is 5. The van der Waals surface area contributed by atoms with Gasteiger partial charge < -0.3 is 44.2 Å². The van der Waals surface area contributed by atoms with Crippen molar-refractivity contribution in [3.8, 4) is 0 Å². The summed E-state index contributed by atoms with van der Waals surface area (Å²) in [5, 5.41) is 11.4. The molecular formula is C36H50N10O5S. The number of carbonyl (C=O) groups excluding carboxylic acids is 5. The fraction of sp³-hybridized carbons (Fsp3) is 0.417. The topological polar surface area (TPSA) is 253 Å². The van der Waals surface area contributed by atoms with Crippen molar-refractivity contribution >= 4 is 58.9 Å². The molecule has 12 N–H and O–H groups in total. The van der Waals surface area contributed by atoms with Crippen LogP contribution in [0.1, 0.15) is 79.8 Å². The van der Waals surface area contributed by atoms with Crippen molar-refractivity contribution in [2.75, 3.05) is 13.1 Å². The van der Waals surface area contributed by atoms with Crippen LogP contribution in [-0.4, -0.2) is 76.7 Å². The first kappa shape index (κ1) is 41.1. The maximum Gasteiger partial charge on any atom is 0.276 e. The molecule has 1 aliphatic rings. The molecule has 0 spiro atoms. The van der Waals surface area contributed by atoms with Gasteiger partial charge in [-0.3, -0.25) is 33.9 Å². The molecule has 1 saturated heterocycles. The number of rotatable bonds is 21. The van der Waals surface area contributed by atoms with Crippen LogP contribution in [0.5, 0.6) is 0 Å². The van der Waals surface area contributed by atoms with Crippen molar-refractivity contribution in [2.24, 2.45) is 27.9 Å². The summed E-state index contributed by atoms with van der Waals surface area (Å²) < 4.78 is 0. The van der Waals surface area contributed by atoms with Gasteiger partial charge in [0, 0.05) is 12.1 Å². The number of unbranched alkanes of at least 4 members (excludes halogenated alkanes) is 2. The van der Waals surface area contributed by atoms with Gasteiger partial charge in [0.2, 0.25) is 17.7 Å². The van der Waals surface area contributed by atoms with E-state index in [9.17, 15) is 24.0 Å². The highest BCUT2D eigenvalue weighted by Crippen LogP contribution is 2.18. The lowest BCUT2D eigenvalue weighted by Crippen LogP contribution is -2.56. The Kier molecular flexibility index (Phi) is 16.7. The van der Waals surface area contributed by atoms with Crippen LogP contribution >= 0.6 is 12.2 Å². The first-order valence-electron chi connectivity index (χ1n) is 17.4. The molecule has 0 unspecified atom stereocenters. The number of benzene rings is 2. The van der Waals surface area contributed by atoms with E-state index in [0.717, 1.165) is 12.0 Å². The van der Waals surface area contributed by atoms with Gasteiger partial charge in [0.25, 0.3) is 11.8 Å². The van der Waals surface area contributed by atoms with E-state index in [2.05, 4.69) is 26.3 Å². The van der Waals surface area contributed by atoms with Crippen molar-refractivity contribution < 1.29 is 24.0 Å². The third kappa shape index (κ3) is 13.1. The van der Waals surface area contributed by atoms with Gasteiger partial charge in [-0.2, -0.15) is 0 Å². The minimum Gasteiger partial charge on any atom is -0.370 e. The Morgan fingerprint density at radius 2 is 1.46 bits per heavy atom. The Morgan fingerprint density at radius 3 is 2.08 bits per heavy atom. The van der Waals surface area contributed by atoms with Crippen molar-refractivity contribution in [1.82, 2.24) is 26.2 Å². The number of guanidine groups is 1. The summed E-state index contributed by atoms with van der Waals surface area (Å²) in [6.07, 6.45) is 5.40. The molecule has 2 aromatic rings. The summed E-state index contributed by atoms with van der Waals surface area (Å²) in [5.41, 5.74) is 24.2. The second-order valence-corrected chi connectivity index (χ2v) is 12.8. The van der Waals surface area contributed by atoms with E-state index in [1.807, 2.05) is 37.3 Å². The normalized spacial score (nSPS) is 15.0. The molecule has 3 atom stereocenters. The number of nitrogens with zero attached hydrogens (tertiary/aromatic N) is 2. The fourth-order valence-corrected chi connectivity index (χ4v) is 5.65. The molecule has 1 aliphatic heterocycles. The predicted octanol–water partition coefficient (Wildman–Crippen LogP) is 0.871. The lowest BCUT2D eigenvalue weighted by atomic mass is 10.0. The van der Waals surface area contributed by atoms with Crippen LogP contribution in [0.3, 0.4) is 0 Å². The van der Waals surface area contributed by atoms with Crippen molar-refractivity contribution in [2.45, 2.75) is 83.0 Å². The summed E-state index contributed by atoms with van der Waals surface area (Å²) >= 11 is 5.39. The zero-order chi connectivity index (χ0) is 38.0. The lowest BCUT2D eigenvalue weighted by molar-refractivity contribution is -0.132. The zero-order valence-corrected chi connectivity index (χ0v) is 30.3. The number of hydrogen-bond donors (Lipinski definition) is 8. The van der Waals surface area contributed by atoms with Crippen LogP contribution in [0, 0.1) is 0 Å². The Labute approximate surface area is 309 Å². The first-order chi connectivity index (χ1) is 24.9. The Hall–Kier alpha value is -5.35. The molecule has 3 rings (SSSR count). The number of nitrogens with one attached hydrogen (secondary N) is 4. The molecule has 16 heteroatoms. The molecule has 0 aliphatic carbocycles. The minimum absolute atomic E-state index is 0.107. The number of nitrogens with two attached hydrogens (primary N) is 4. The maximum absolute atomic E-state index is 13.7. The monoisotopic (exact) mass is 734 g/mol. The number of thiocarbonyl (C=S) groups is 1. The number of aliphatic imine (C=N–C) groups is 1. The second-order valence-electron chi connectivity index (χ2n) is 12.4. The molecule has 1 heterocycles. The number of carbonyl (C=O) groups is 5. The van der Waals surface area contributed by atoms with E-state index in [1.54, 1.807) is 30.3 Å². The third-order valence-electron chi connectivity index (χ3n) is 8.28. The van der Waals surface area contributed by atoms with Crippen LogP contribution in [0.2, 0.25) is 0 Å². The highest BCUT2D eigenvalue weighted by molar-refractivity contribution is 7.80. The summed E-state index contributed by atoms with van der Waals surface area (Å²) in [5.74, 6) is -2.74. The third-order valence-corrected chi connectivity index (χ3v) is 8.61. The molecule has 52 heavy (non-hydrogen) atoms. The largest absolute Gasteiger partial charge is 0.370 e. The first-order valence-corrected chi connectivity index (χ1v) is 17.8. The molecule has 15 nitrogen and oxygen atoms in total. The summed E-state index contributed by atoms with van der Waals surface area (Å²) in [7, 11) is 0. The molecular weight excluding hydrogens is 685 g/mol. The predicted molar refractivity (Wildman–Crippen MR) is 204 cm³/mol. The quantitative estimate of drug-likeness (QED) is 0.0295. The summed E-state index contributed by atoms with van der Waals surface area (Å²) in [4.78, 5) is 70.9. The van der Waals surface area contributed by atoms with Gasteiger partial charge in [-0.1, -0.05) is 62.2 Å². The van der Waals surface area contributed by atoms with Gasteiger partial charge in [-0.05, 0) is 86.6 Å². The summed E-state index contributed by atoms with van der Waals surface area (Å²) in [6, 6.07) is 13.0. The van der Waals surface area contributed by atoms with E-state index in [1.165, 1.54) is 4.90 Å². The van der Waals surface area contributed by atoms with Crippen molar-refractivity contribution in [1.29, 1.82) is 0 Å². The van der Waals surface area contributed by atoms with E-state index in [4.69, 9.17) is 35.2 Å². The van der Waals surface area contributed by atoms with Crippen molar-refractivity contribution in [3.63, 3.8) is 0 Å². The molecule has 0 aromatic heterocycles. The van der Waals surface area contributed by atoms with Crippen LogP contribution in [-0.2, 0) is 25.7 Å². The molecule has 280 valence electrons. The number of primary amides is 1. The van der Waals surface area contributed by atoms with Crippen molar-refractivity contribution in [3.05, 3.63) is 77.0 Å². The maximum atomic E-state index is 13.7. The van der Waals surface area contributed by atoms with E-state index in [0.29, 0.717) is 61.6 Å². The smallest absolute Gasteiger partial charge is 0.276 e. The van der Waals surface area contributed by atoms with Crippen LogP contribution in [0.25, 0.3) is 6.08 Å². The highest BCUT2D eigenvalue weighted by Gasteiger charge is 2.31. The van der Waals surface area contributed by atoms with Gasteiger partial charge in [0.15, 0.2) is 11.1 Å². The van der Waals surface area contributed by atoms with Gasteiger partial charge >= 0.3 is 0 Å². The van der Waals surface area contributed by atoms with Crippen LogP contribution < -0.4 is 44.2 Å². The average Bonchev–Trinajstić information content (AvgIpc) is 3.38. The van der Waals surface area contributed by atoms with Gasteiger partial charge in [0.05, 0.1) is 6.54 Å². The van der Waals surface area contributed by atoms with E-state index >= 15 is 0 Å². The Balaban J connectivity index is 1.73. The zero-order valence-electron chi connectivity index (χ0n) is 29.4. The molecule has 0 radical (unpaired) electrons. The second kappa shape index (κ2) is 21.1. The average molecular weight is 735 g/mol. The van der Waals surface area contributed by atoms with E-state index < -0.39 is 41.8 Å². The molecule has 5 amide bonds. The van der Waals surface area contributed by atoms with Crippen LogP contribution in [0.15, 0.2) is 65.3 Å². The SMILES string of the molecule is CCCC[C@H](NC(=O)[C@H](CCCCN)NC(=O)[C@H](CCCN=C(N)N)NC(=O)c1ccc(/C=C2\NC(=S)N(Cc3ccccc3)C2=O)cc1)C(N)=O. The fourth-order valence-electron chi connectivity index (χ4n) is 5.39. The highest BCUT2D eigenvalue weighted by atomic mass is 32.1. The summed E-state index contributed by atoms with van der Waals surface area (Å²) in [6.45, 7) is 2.89. The van der Waals surface area contributed by atoms with Gasteiger partial charge in [-0.15, -0.1) is 0 Å². The lowest BCUT2D eigenvalue weighted by Gasteiger charge is -2.25. The molecule has 0 saturated carbocycles. The van der Waals surface area contributed by atoms with Gasteiger partial charge in [-0.25, -0.2) is 0 Å². The minimum atomic E-state index is -1.06. The molecule has 2 aromatic carbocycles. The molecule has 1 fully saturated rings. The molecule has 0 bridgehead atoms.